The summed E-state index contributed by atoms with van der Waals surface area (Å²) >= 11 is 0. The van der Waals surface area contributed by atoms with Gasteiger partial charge in [-0.25, -0.2) is 4.39 Å². The van der Waals surface area contributed by atoms with Gasteiger partial charge in [-0.15, -0.1) is 6.42 Å². The van der Waals surface area contributed by atoms with Gasteiger partial charge in [0.15, 0.2) is 11.4 Å². The molecule has 146 valence electrons. The average molecular weight is 372 g/mol. The Labute approximate surface area is 161 Å². The molecule has 4 rings (SSSR count). The number of ether oxygens (including phenoxy) is 1. The molecule has 0 radical (unpaired) electrons. The summed E-state index contributed by atoms with van der Waals surface area (Å²) in [6.45, 7) is 5.73. The van der Waals surface area contributed by atoms with Crippen LogP contribution in [0.1, 0.15) is 65.7 Å². The minimum Gasteiger partial charge on any atom is -0.445 e. The van der Waals surface area contributed by atoms with Gasteiger partial charge in [-0.3, -0.25) is 9.59 Å². The summed E-state index contributed by atoms with van der Waals surface area (Å²) in [5.41, 5.74) is -0.672. The zero-order chi connectivity index (χ0) is 19.6. The number of terminal acetylenes is 1. The van der Waals surface area contributed by atoms with Gasteiger partial charge >= 0.3 is 5.97 Å². The van der Waals surface area contributed by atoms with E-state index in [4.69, 9.17) is 11.2 Å². The van der Waals surface area contributed by atoms with Crippen molar-refractivity contribution in [3.8, 4) is 12.3 Å². The molecular weight excluding hydrogens is 343 g/mol. The van der Waals surface area contributed by atoms with Gasteiger partial charge in [0.2, 0.25) is 0 Å². The molecule has 0 saturated heterocycles. The van der Waals surface area contributed by atoms with Crippen molar-refractivity contribution in [2.24, 2.45) is 28.6 Å². The monoisotopic (exact) mass is 372 g/mol. The van der Waals surface area contributed by atoms with E-state index in [0.717, 1.165) is 31.3 Å². The van der Waals surface area contributed by atoms with E-state index >= 15 is 0 Å². The second-order valence-corrected chi connectivity index (χ2v) is 9.62. The number of hydrogen-bond acceptors (Lipinski definition) is 3. The van der Waals surface area contributed by atoms with Crippen molar-refractivity contribution in [1.82, 2.24) is 0 Å². The lowest BCUT2D eigenvalue weighted by atomic mass is 9.46. The Morgan fingerprint density at radius 1 is 1.22 bits per heavy atom. The lowest BCUT2D eigenvalue weighted by Crippen LogP contribution is -2.56. The number of esters is 1. The van der Waals surface area contributed by atoms with Crippen molar-refractivity contribution in [1.29, 1.82) is 0 Å². The fraction of sp³-hybridized carbons (Fsp3) is 0.739. The third-order valence-corrected chi connectivity index (χ3v) is 8.55. The van der Waals surface area contributed by atoms with Gasteiger partial charge in [-0.2, -0.15) is 0 Å². The molecule has 27 heavy (non-hydrogen) atoms. The molecule has 0 aromatic heterocycles. The minimum atomic E-state index is -0.994. The number of rotatable bonds is 1. The van der Waals surface area contributed by atoms with Gasteiger partial charge in [-0.05, 0) is 67.8 Å². The van der Waals surface area contributed by atoms with Crippen LogP contribution in [0, 0.1) is 40.9 Å². The van der Waals surface area contributed by atoms with Gasteiger partial charge in [0.1, 0.15) is 6.17 Å². The number of carbonyl (C=O) groups excluding carboxylic acids is 2. The topological polar surface area (TPSA) is 43.4 Å². The molecule has 0 heterocycles. The first-order chi connectivity index (χ1) is 12.7. The lowest BCUT2D eigenvalue weighted by molar-refractivity contribution is -0.170. The van der Waals surface area contributed by atoms with E-state index in [9.17, 15) is 14.0 Å². The summed E-state index contributed by atoms with van der Waals surface area (Å²) in [6.07, 6.45) is 11.6. The Morgan fingerprint density at radius 2 is 1.93 bits per heavy atom. The zero-order valence-electron chi connectivity index (χ0n) is 16.5. The van der Waals surface area contributed by atoms with Crippen LogP contribution in [0.25, 0.3) is 0 Å². The molecule has 0 amide bonds. The first-order valence-electron chi connectivity index (χ1n) is 10.2. The standard InChI is InChI=1S/C23H29FO3/c1-5-23(27-14(2)25)11-8-18-16-13-20(26)19-12-15(24)6-9-21(19,3)17(16)7-10-22(18,23)4/h1,12,15-18H,6-11,13H2,2-4H3/t15-,16+,17-,18-,21+,22-,23-/m0/s1. The smallest absolute Gasteiger partial charge is 0.304 e. The Bertz CT molecular complexity index is 764. The first-order valence-corrected chi connectivity index (χ1v) is 10.2. The van der Waals surface area contributed by atoms with Crippen molar-refractivity contribution in [2.45, 2.75) is 77.5 Å². The SMILES string of the molecule is C#C[C@]1(OC(C)=O)CC[C@H]2[C@@H]3CC(=O)C4=C[C@@H](F)CC[C@]4(C)[C@H]3CC[C@@]21C. The van der Waals surface area contributed by atoms with Crippen LogP contribution in [-0.4, -0.2) is 23.5 Å². The number of allylic oxidation sites excluding steroid dienone is 2. The molecule has 3 saturated carbocycles. The number of fused-ring (bicyclic) bond motifs is 5. The Balaban J connectivity index is 1.72. The normalized spacial score (nSPS) is 48.6. The number of halogens is 1. The lowest BCUT2D eigenvalue weighted by Gasteiger charge is -2.58. The summed E-state index contributed by atoms with van der Waals surface area (Å²) < 4.78 is 19.7. The van der Waals surface area contributed by atoms with Crippen molar-refractivity contribution in [3.63, 3.8) is 0 Å². The number of hydrogen-bond donors (Lipinski definition) is 0. The molecule has 0 N–H and O–H groups in total. The maximum absolute atomic E-state index is 14.0. The molecule has 0 bridgehead atoms. The van der Waals surface area contributed by atoms with Crippen LogP contribution >= 0.6 is 0 Å². The van der Waals surface area contributed by atoms with E-state index in [1.807, 2.05) is 0 Å². The van der Waals surface area contributed by atoms with Crippen LogP contribution in [0.4, 0.5) is 4.39 Å². The predicted molar refractivity (Wildman–Crippen MR) is 100 cm³/mol. The van der Waals surface area contributed by atoms with Gasteiger partial charge in [-0.1, -0.05) is 19.8 Å². The highest BCUT2D eigenvalue weighted by atomic mass is 19.1. The number of ketones is 1. The molecule has 4 aliphatic rings. The van der Waals surface area contributed by atoms with Crippen LogP contribution in [0.5, 0.6) is 0 Å². The van der Waals surface area contributed by atoms with Gasteiger partial charge < -0.3 is 4.74 Å². The second-order valence-electron chi connectivity index (χ2n) is 9.62. The summed E-state index contributed by atoms with van der Waals surface area (Å²) in [4.78, 5) is 24.7. The van der Waals surface area contributed by atoms with Crippen LogP contribution < -0.4 is 0 Å². The van der Waals surface area contributed by atoms with Gasteiger partial charge in [0.05, 0.1) is 0 Å². The molecule has 4 aliphatic carbocycles. The molecule has 0 aliphatic heterocycles. The molecule has 7 atom stereocenters. The van der Waals surface area contributed by atoms with Crippen molar-refractivity contribution in [3.05, 3.63) is 11.6 Å². The highest BCUT2D eigenvalue weighted by Crippen LogP contribution is 2.67. The van der Waals surface area contributed by atoms with Crippen LogP contribution in [-0.2, 0) is 14.3 Å². The summed E-state index contributed by atoms with van der Waals surface area (Å²) in [7, 11) is 0. The quantitative estimate of drug-likeness (QED) is 0.506. The van der Waals surface area contributed by atoms with E-state index in [1.54, 1.807) is 6.08 Å². The largest absolute Gasteiger partial charge is 0.445 e. The molecule has 0 aromatic rings. The average Bonchev–Trinajstić information content (AvgIpc) is 2.89. The third kappa shape index (κ3) is 2.39. The van der Waals surface area contributed by atoms with Crippen LogP contribution in [0.15, 0.2) is 11.6 Å². The van der Waals surface area contributed by atoms with Crippen LogP contribution in [0.3, 0.4) is 0 Å². The highest BCUT2D eigenvalue weighted by molar-refractivity contribution is 5.98. The third-order valence-electron chi connectivity index (χ3n) is 8.55. The van der Waals surface area contributed by atoms with Crippen molar-refractivity contribution < 1.29 is 18.7 Å². The van der Waals surface area contributed by atoms with Gasteiger partial charge in [0.25, 0.3) is 0 Å². The first kappa shape index (κ1) is 18.7. The van der Waals surface area contributed by atoms with E-state index in [1.165, 1.54) is 6.92 Å². The maximum Gasteiger partial charge on any atom is 0.304 e. The van der Waals surface area contributed by atoms with E-state index in [0.29, 0.717) is 25.2 Å². The minimum absolute atomic E-state index is 0.107. The summed E-state index contributed by atoms with van der Waals surface area (Å²) in [5.74, 6) is 3.48. The second kappa shape index (κ2) is 5.93. The van der Waals surface area contributed by atoms with E-state index < -0.39 is 11.8 Å². The fourth-order valence-electron chi connectivity index (χ4n) is 7.19. The molecular formula is C23H29FO3. The Hall–Kier alpha value is -1.63. The van der Waals surface area contributed by atoms with Crippen molar-refractivity contribution >= 4 is 11.8 Å². The number of alkyl halides is 1. The van der Waals surface area contributed by atoms with E-state index in [2.05, 4.69) is 19.8 Å². The molecule has 3 fully saturated rings. The number of Topliss-reactive ketones (excluding diaryl/α,β-unsaturated/α-hetero) is 1. The molecule has 0 spiro atoms. The van der Waals surface area contributed by atoms with E-state index in [-0.39, 0.29) is 34.4 Å². The Morgan fingerprint density at radius 3 is 2.59 bits per heavy atom. The molecule has 0 unspecified atom stereocenters. The molecule has 4 heteroatoms. The number of carbonyl (C=O) groups is 2. The predicted octanol–water partition coefficient (Wildman–Crippen LogP) is 4.40. The maximum atomic E-state index is 14.0. The summed E-state index contributed by atoms with van der Waals surface area (Å²) in [6, 6.07) is 0. The summed E-state index contributed by atoms with van der Waals surface area (Å²) in [5, 5.41) is 0. The highest BCUT2D eigenvalue weighted by Gasteiger charge is 2.66. The fourth-order valence-corrected chi connectivity index (χ4v) is 7.19. The zero-order valence-corrected chi connectivity index (χ0v) is 16.5. The Kier molecular flexibility index (Phi) is 4.11. The van der Waals surface area contributed by atoms with Crippen molar-refractivity contribution in [2.75, 3.05) is 0 Å². The molecule has 3 nitrogen and oxygen atoms in total. The molecule has 0 aromatic carbocycles. The van der Waals surface area contributed by atoms with Gasteiger partial charge in [0, 0.05) is 24.3 Å². The van der Waals surface area contributed by atoms with Crippen LogP contribution in [0.2, 0.25) is 0 Å².